The van der Waals surface area contributed by atoms with E-state index in [4.69, 9.17) is 16.3 Å². The summed E-state index contributed by atoms with van der Waals surface area (Å²) in [4.78, 5) is 12.7. The molecule has 3 aromatic carbocycles. The van der Waals surface area contributed by atoms with Crippen LogP contribution in [-0.2, 0) is 6.61 Å². The van der Waals surface area contributed by atoms with Gasteiger partial charge in [-0.25, -0.2) is 0 Å². The van der Waals surface area contributed by atoms with Crippen LogP contribution in [0.5, 0.6) is 5.75 Å². The van der Waals surface area contributed by atoms with Gasteiger partial charge in [-0.15, -0.1) is 0 Å². The SMILES string of the molecule is Cc1ccc(NC(=O)c2cc(Cl)ccc2OCc2ccccc2)cc1C. The van der Waals surface area contributed by atoms with E-state index >= 15 is 0 Å². The van der Waals surface area contributed by atoms with Crippen LogP contribution in [0.25, 0.3) is 0 Å². The van der Waals surface area contributed by atoms with Gasteiger partial charge in [-0.1, -0.05) is 48.0 Å². The van der Waals surface area contributed by atoms with Gasteiger partial charge in [-0.2, -0.15) is 0 Å². The number of hydrogen-bond donors (Lipinski definition) is 1. The topological polar surface area (TPSA) is 38.3 Å². The highest BCUT2D eigenvalue weighted by molar-refractivity contribution is 6.31. The minimum atomic E-state index is -0.251. The summed E-state index contributed by atoms with van der Waals surface area (Å²) in [6, 6.07) is 20.7. The second-order valence-electron chi connectivity index (χ2n) is 6.17. The molecule has 4 heteroatoms. The smallest absolute Gasteiger partial charge is 0.259 e. The lowest BCUT2D eigenvalue weighted by molar-refractivity contribution is 0.102. The zero-order valence-electron chi connectivity index (χ0n) is 14.8. The zero-order valence-corrected chi connectivity index (χ0v) is 15.5. The lowest BCUT2D eigenvalue weighted by atomic mass is 10.1. The first-order chi connectivity index (χ1) is 12.5. The largest absolute Gasteiger partial charge is 0.488 e. The number of ether oxygens (including phenoxy) is 1. The maximum Gasteiger partial charge on any atom is 0.259 e. The first-order valence-corrected chi connectivity index (χ1v) is 8.75. The Bertz CT molecular complexity index is 923. The van der Waals surface area contributed by atoms with E-state index < -0.39 is 0 Å². The fourth-order valence-electron chi connectivity index (χ4n) is 2.56. The van der Waals surface area contributed by atoms with Crippen LogP contribution >= 0.6 is 11.6 Å². The minimum absolute atomic E-state index is 0.251. The summed E-state index contributed by atoms with van der Waals surface area (Å²) >= 11 is 6.09. The molecular formula is C22H20ClNO2. The molecule has 1 N–H and O–H groups in total. The summed E-state index contributed by atoms with van der Waals surface area (Å²) in [5, 5.41) is 3.40. The van der Waals surface area contributed by atoms with Gasteiger partial charge in [-0.3, -0.25) is 4.79 Å². The fourth-order valence-corrected chi connectivity index (χ4v) is 2.73. The van der Waals surface area contributed by atoms with Crippen LogP contribution < -0.4 is 10.1 Å². The summed E-state index contributed by atoms with van der Waals surface area (Å²) in [5.74, 6) is 0.249. The van der Waals surface area contributed by atoms with Gasteiger partial charge >= 0.3 is 0 Å². The molecule has 0 radical (unpaired) electrons. The number of anilines is 1. The molecule has 0 heterocycles. The van der Waals surface area contributed by atoms with E-state index in [0.29, 0.717) is 22.9 Å². The molecule has 3 rings (SSSR count). The van der Waals surface area contributed by atoms with Crippen molar-refractivity contribution in [3.8, 4) is 5.75 Å². The number of hydrogen-bond acceptors (Lipinski definition) is 2. The molecule has 0 aliphatic heterocycles. The van der Waals surface area contributed by atoms with Crippen molar-refractivity contribution in [1.29, 1.82) is 0 Å². The molecule has 3 nitrogen and oxygen atoms in total. The van der Waals surface area contributed by atoms with Gasteiger partial charge in [0.25, 0.3) is 5.91 Å². The monoisotopic (exact) mass is 365 g/mol. The first kappa shape index (κ1) is 18.0. The maximum absolute atomic E-state index is 12.7. The average molecular weight is 366 g/mol. The van der Waals surface area contributed by atoms with Gasteiger partial charge in [0.15, 0.2) is 0 Å². The Kier molecular flexibility index (Phi) is 5.59. The van der Waals surface area contributed by atoms with E-state index in [1.54, 1.807) is 18.2 Å². The van der Waals surface area contributed by atoms with Crippen LogP contribution in [0.15, 0.2) is 66.7 Å². The summed E-state index contributed by atoms with van der Waals surface area (Å²) in [7, 11) is 0. The Labute approximate surface area is 158 Å². The van der Waals surface area contributed by atoms with Crippen LogP contribution in [0.3, 0.4) is 0 Å². The average Bonchev–Trinajstić information content (AvgIpc) is 2.64. The third-order valence-electron chi connectivity index (χ3n) is 4.19. The molecule has 3 aromatic rings. The molecule has 0 aliphatic carbocycles. The van der Waals surface area contributed by atoms with Crippen LogP contribution in [0.2, 0.25) is 5.02 Å². The van der Waals surface area contributed by atoms with Gasteiger partial charge in [0.05, 0.1) is 5.56 Å². The van der Waals surface area contributed by atoms with Crippen molar-refractivity contribution in [1.82, 2.24) is 0 Å². The third-order valence-corrected chi connectivity index (χ3v) is 4.42. The van der Waals surface area contributed by atoms with Gasteiger partial charge < -0.3 is 10.1 Å². The molecule has 0 unspecified atom stereocenters. The number of carbonyl (C=O) groups excluding carboxylic acids is 1. The lowest BCUT2D eigenvalue weighted by Crippen LogP contribution is -2.14. The molecule has 0 saturated heterocycles. The van der Waals surface area contributed by atoms with E-state index in [1.165, 1.54) is 5.56 Å². The predicted molar refractivity (Wildman–Crippen MR) is 106 cm³/mol. The molecule has 26 heavy (non-hydrogen) atoms. The quantitative estimate of drug-likeness (QED) is 0.621. The summed E-state index contributed by atoms with van der Waals surface area (Å²) < 4.78 is 5.86. The van der Waals surface area contributed by atoms with Crippen molar-refractivity contribution in [2.75, 3.05) is 5.32 Å². The molecule has 0 fully saturated rings. The highest BCUT2D eigenvalue weighted by Crippen LogP contribution is 2.25. The Balaban J connectivity index is 1.80. The molecule has 132 valence electrons. The number of nitrogens with one attached hydrogen (secondary N) is 1. The van der Waals surface area contributed by atoms with Crippen LogP contribution in [0.1, 0.15) is 27.0 Å². The van der Waals surface area contributed by atoms with Gasteiger partial charge in [0, 0.05) is 10.7 Å². The van der Waals surface area contributed by atoms with E-state index in [0.717, 1.165) is 16.8 Å². The highest BCUT2D eigenvalue weighted by atomic mass is 35.5. The second kappa shape index (κ2) is 8.07. The molecule has 0 bridgehead atoms. The molecule has 1 amide bonds. The summed E-state index contributed by atoms with van der Waals surface area (Å²) in [6.45, 7) is 4.43. The number of aryl methyl sites for hydroxylation is 2. The molecular weight excluding hydrogens is 346 g/mol. The zero-order chi connectivity index (χ0) is 18.5. The van der Waals surface area contributed by atoms with Crippen molar-refractivity contribution in [3.05, 3.63) is 94.0 Å². The number of benzene rings is 3. The van der Waals surface area contributed by atoms with Gasteiger partial charge in [0.2, 0.25) is 0 Å². The van der Waals surface area contributed by atoms with Crippen LogP contribution in [0.4, 0.5) is 5.69 Å². The Morgan fingerprint density at radius 3 is 2.46 bits per heavy atom. The Morgan fingerprint density at radius 2 is 1.73 bits per heavy atom. The van der Waals surface area contributed by atoms with E-state index in [-0.39, 0.29) is 5.91 Å². The number of carbonyl (C=O) groups is 1. The number of halogens is 1. The second-order valence-corrected chi connectivity index (χ2v) is 6.60. The fraction of sp³-hybridized carbons (Fsp3) is 0.136. The molecule has 0 aliphatic rings. The van der Waals surface area contributed by atoms with E-state index in [1.807, 2.05) is 62.4 Å². The molecule has 0 atom stereocenters. The van der Waals surface area contributed by atoms with Crippen LogP contribution in [0, 0.1) is 13.8 Å². The van der Waals surface area contributed by atoms with Crippen molar-refractivity contribution >= 4 is 23.2 Å². The highest BCUT2D eigenvalue weighted by Gasteiger charge is 2.14. The third kappa shape index (κ3) is 4.44. The van der Waals surface area contributed by atoms with Crippen LogP contribution in [-0.4, -0.2) is 5.91 Å². The minimum Gasteiger partial charge on any atom is -0.488 e. The normalized spacial score (nSPS) is 10.4. The van der Waals surface area contributed by atoms with Crippen molar-refractivity contribution in [3.63, 3.8) is 0 Å². The van der Waals surface area contributed by atoms with Gasteiger partial charge in [0.1, 0.15) is 12.4 Å². The summed E-state index contributed by atoms with van der Waals surface area (Å²) in [5.41, 5.74) is 4.48. The van der Waals surface area contributed by atoms with E-state index in [2.05, 4.69) is 5.32 Å². The standard InChI is InChI=1S/C22H20ClNO2/c1-15-8-10-19(12-16(15)2)24-22(25)20-13-18(23)9-11-21(20)26-14-17-6-4-3-5-7-17/h3-13H,14H2,1-2H3,(H,24,25). The number of amides is 1. The Morgan fingerprint density at radius 1 is 0.962 bits per heavy atom. The molecule has 0 spiro atoms. The summed E-state index contributed by atoms with van der Waals surface area (Å²) in [6.07, 6.45) is 0. The van der Waals surface area contributed by atoms with Gasteiger partial charge in [-0.05, 0) is 60.9 Å². The van der Waals surface area contributed by atoms with Crippen molar-refractivity contribution < 1.29 is 9.53 Å². The van der Waals surface area contributed by atoms with Crippen molar-refractivity contribution in [2.24, 2.45) is 0 Å². The molecule has 0 saturated carbocycles. The first-order valence-electron chi connectivity index (χ1n) is 8.38. The predicted octanol–water partition coefficient (Wildman–Crippen LogP) is 5.79. The number of rotatable bonds is 5. The Hall–Kier alpha value is -2.78. The lowest BCUT2D eigenvalue weighted by Gasteiger charge is -2.13. The molecule has 0 aromatic heterocycles. The maximum atomic E-state index is 12.7. The van der Waals surface area contributed by atoms with Crippen molar-refractivity contribution in [2.45, 2.75) is 20.5 Å². The van der Waals surface area contributed by atoms with E-state index in [9.17, 15) is 4.79 Å².